The Bertz CT molecular complexity index is 1270. The molecule has 0 radical (unpaired) electrons. The van der Waals surface area contributed by atoms with Gasteiger partial charge in [-0.2, -0.15) is 4.98 Å². The maximum absolute atomic E-state index is 12.8. The van der Waals surface area contributed by atoms with Crippen LogP contribution in [0.5, 0.6) is 0 Å². The molecule has 1 amide bonds. The van der Waals surface area contributed by atoms with Gasteiger partial charge in [0, 0.05) is 50.3 Å². The van der Waals surface area contributed by atoms with E-state index in [9.17, 15) is 9.90 Å². The number of hydrogen-bond donors (Lipinski definition) is 4. The number of carbonyl (C=O) groups is 1. The zero-order valence-electron chi connectivity index (χ0n) is 20.9. The lowest BCUT2D eigenvalue weighted by molar-refractivity contribution is 0.0958. The van der Waals surface area contributed by atoms with Crippen LogP contribution in [0.15, 0.2) is 55.3 Å². The van der Waals surface area contributed by atoms with Gasteiger partial charge in [0.05, 0.1) is 11.8 Å². The zero-order chi connectivity index (χ0) is 25.8. The van der Waals surface area contributed by atoms with Crippen molar-refractivity contribution < 1.29 is 9.90 Å². The van der Waals surface area contributed by atoms with Gasteiger partial charge < -0.3 is 30.9 Å². The van der Waals surface area contributed by atoms with Crippen molar-refractivity contribution in [2.75, 3.05) is 55.3 Å². The molecule has 10 nitrogen and oxygen atoms in total. The quantitative estimate of drug-likeness (QED) is 0.346. The average Bonchev–Trinajstić information content (AvgIpc) is 3.28. The van der Waals surface area contributed by atoms with Gasteiger partial charge >= 0.3 is 0 Å². The number of pyridine rings is 1. The Morgan fingerprint density at radius 1 is 1.11 bits per heavy atom. The Morgan fingerprint density at radius 2 is 1.89 bits per heavy atom. The van der Waals surface area contributed by atoms with E-state index in [4.69, 9.17) is 0 Å². The third kappa shape index (κ3) is 5.71. The molecule has 3 heterocycles. The van der Waals surface area contributed by atoms with Gasteiger partial charge in [-0.25, -0.2) is 9.97 Å². The Balaban J connectivity index is 1.36. The van der Waals surface area contributed by atoms with E-state index in [1.54, 1.807) is 6.08 Å². The Kier molecular flexibility index (Phi) is 7.29. The van der Waals surface area contributed by atoms with Crippen molar-refractivity contribution in [2.24, 2.45) is 0 Å². The summed E-state index contributed by atoms with van der Waals surface area (Å²) in [7, 11) is 2.14. The fourth-order valence-corrected chi connectivity index (χ4v) is 4.54. The van der Waals surface area contributed by atoms with Gasteiger partial charge in [0.15, 0.2) is 0 Å². The predicted octanol–water partition coefficient (Wildman–Crippen LogP) is 3.01. The molecule has 10 heteroatoms. The first kappa shape index (κ1) is 24.7. The number of benzene rings is 1. The lowest BCUT2D eigenvalue weighted by Crippen LogP contribution is -2.44. The third-order valence-corrected chi connectivity index (χ3v) is 6.69. The van der Waals surface area contributed by atoms with E-state index < -0.39 is 6.10 Å². The maximum Gasteiger partial charge on any atom is 0.256 e. The van der Waals surface area contributed by atoms with Gasteiger partial charge in [0.2, 0.25) is 5.95 Å². The van der Waals surface area contributed by atoms with Gasteiger partial charge in [0.25, 0.3) is 5.91 Å². The smallest absolute Gasteiger partial charge is 0.256 e. The fourth-order valence-electron chi connectivity index (χ4n) is 4.54. The highest BCUT2D eigenvalue weighted by Gasteiger charge is 2.23. The highest BCUT2D eigenvalue weighted by Crippen LogP contribution is 2.31. The molecule has 1 aliphatic heterocycles. The largest absolute Gasteiger partial charge is 0.387 e. The maximum atomic E-state index is 12.8. The molecule has 4 N–H and O–H groups in total. The molecule has 1 saturated heterocycles. The summed E-state index contributed by atoms with van der Waals surface area (Å²) in [5.74, 6) is 0.828. The summed E-state index contributed by atoms with van der Waals surface area (Å²) < 4.78 is 0. The van der Waals surface area contributed by atoms with Crippen LogP contribution in [0.4, 0.5) is 29.0 Å². The van der Waals surface area contributed by atoms with E-state index in [1.807, 2.05) is 24.3 Å². The number of aryl methyl sites for hydroxylation is 1. The SMILES string of the molecule is C=CCNC(=O)c1cnc(Nc2ccc(N3CCN(C)CC3)cc2)nc1Nc1ccc2c(n1)[C@H](O)CC2. The Labute approximate surface area is 216 Å². The summed E-state index contributed by atoms with van der Waals surface area (Å²) in [5.41, 5.74) is 4.00. The van der Waals surface area contributed by atoms with E-state index in [-0.39, 0.29) is 11.5 Å². The lowest BCUT2D eigenvalue weighted by atomic mass is 10.2. The van der Waals surface area contributed by atoms with Gasteiger partial charge in [-0.1, -0.05) is 12.1 Å². The molecule has 0 bridgehead atoms. The number of aliphatic hydroxyl groups excluding tert-OH is 1. The van der Waals surface area contributed by atoms with Crippen LogP contribution >= 0.6 is 0 Å². The van der Waals surface area contributed by atoms with Crippen LogP contribution in [0.1, 0.15) is 34.1 Å². The normalized spacial score (nSPS) is 17.2. The predicted molar refractivity (Wildman–Crippen MR) is 145 cm³/mol. The first-order valence-corrected chi connectivity index (χ1v) is 12.5. The van der Waals surface area contributed by atoms with E-state index >= 15 is 0 Å². The number of piperazine rings is 1. The molecule has 3 aromatic rings. The molecular formula is C27H32N8O2. The first-order valence-electron chi connectivity index (χ1n) is 12.5. The van der Waals surface area contributed by atoms with Crippen LogP contribution in [-0.4, -0.2) is 70.6 Å². The van der Waals surface area contributed by atoms with Crippen LogP contribution in [0.2, 0.25) is 0 Å². The molecule has 0 unspecified atom stereocenters. The number of likely N-dealkylation sites (N-methyl/N-ethyl adjacent to an activating group) is 1. The lowest BCUT2D eigenvalue weighted by Gasteiger charge is -2.34. The third-order valence-electron chi connectivity index (χ3n) is 6.69. The van der Waals surface area contributed by atoms with Crippen molar-refractivity contribution >= 4 is 34.9 Å². The van der Waals surface area contributed by atoms with Crippen molar-refractivity contribution in [1.82, 2.24) is 25.2 Å². The van der Waals surface area contributed by atoms with E-state index in [0.717, 1.165) is 43.9 Å². The minimum absolute atomic E-state index is 0.278. The van der Waals surface area contributed by atoms with Crippen molar-refractivity contribution in [3.63, 3.8) is 0 Å². The van der Waals surface area contributed by atoms with Crippen molar-refractivity contribution in [3.8, 4) is 0 Å². The Hall–Kier alpha value is -4.02. The standard InChI is InChI=1S/C27H32N8O2/c1-3-12-28-26(37)21-17-29-27(30-19-6-8-20(9-7-19)35-15-13-34(2)14-16-35)33-25(21)32-23-11-5-18-4-10-22(36)24(18)31-23/h3,5-9,11,17,22,36H,1,4,10,12-16H2,2H3,(H,28,37)(H2,29,30,31,32,33)/t22-/m1/s1. The van der Waals surface area contributed by atoms with E-state index in [0.29, 0.717) is 36.2 Å². The fraction of sp³-hybridized carbons (Fsp3) is 0.333. The summed E-state index contributed by atoms with van der Waals surface area (Å²) in [4.78, 5) is 31.0. The summed E-state index contributed by atoms with van der Waals surface area (Å²) >= 11 is 0. The molecule has 1 atom stereocenters. The van der Waals surface area contributed by atoms with Gasteiger partial charge in [-0.15, -0.1) is 6.58 Å². The average molecular weight is 501 g/mol. The minimum atomic E-state index is -0.580. The van der Waals surface area contributed by atoms with Crippen molar-refractivity contribution in [1.29, 1.82) is 0 Å². The van der Waals surface area contributed by atoms with Crippen LogP contribution < -0.4 is 20.9 Å². The molecule has 192 valence electrons. The molecule has 2 aliphatic rings. The summed E-state index contributed by atoms with van der Waals surface area (Å²) in [6.45, 7) is 8.08. The number of carbonyl (C=O) groups excluding carboxylic acids is 1. The number of nitrogens with one attached hydrogen (secondary N) is 3. The van der Waals surface area contributed by atoms with Crippen LogP contribution in [0, 0.1) is 0 Å². The van der Waals surface area contributed by atoms with Crippen molar-refractivity contribution in [3.05, 3.63) is 72.1 Å². The number of hydrogen-bond acceptors (Lipinski definition) is 9. The second kappa shape index (κ2) is 10.9. The van der Waals surface area contributed by atoms with Crippen molar-refractivity contribution in [2.45, 2.75) is 18.9 Å². The molecule has 0 saturated carbocycles. The van der Waals surface area contributed by atoms with Crippen LogP contribution in [0.25, 0.3) is 0 Å². The van der Waals surface area contributed by atoms with Crippen LogP contribution in [0.3, 0.4) is 0 Å². The number of aliphatic hydroxyl groups is 1. The number of anilines is 5. The number of rotatable bonds is 8. The van der Waals surface area contributed by atoms with E-state index in [2.05, 4.69) is 66.5 Å². The highest BCUT2D eigenvalue weighted by molar-refractivity contribution is 5.99. The molecule has 1 aliphatic carbocycles. The number of nitrogens with zero attached hydrogens (tertiary/aromatic N) is 5. The number of fused-ring (bicyclic) bond motifs is 1. The van der Waals surface area contributed by atoms with Gasteiger partial charge in [-0.3, -0.25) is 4.79 Å². The molecule has 37 heavy (non-hydrogen) atoms. The molecule has 0 spiro atoms. The second-order valence-electron chi connectivity index (χ2n) is 9.34. The monoisotopic (exact) mass is 500 g/mol. The second-order valence-corrected chi connectivity index (χ2v) is 9.34. The Morgan fingerprint density at radius 3 is 2.65 bits per heavy atom. The molecular weight excluding hydrogens is 468 g/mol. The molecule has 1 aromatic carbocycles. The summed E-state index contributed by atoms with van der Waals surface area (Å²) in [6, 6.07) is 11.9. The number of amides is 1. The number of aromatic nitrogens is 3. The van der Waals surface area contributed by atoms with E-state index in [1.165, 1.54) is 11.9 Å². The summed E-state index contributed by atoms with van der Waals surface area (Å²) in [5, 5.41) is 19.4. The molecule has 1 fully saturated rings. The van der Waals surface area contributed by atoms with Gasteiger partial charge in [-0.05, 0) is 55.8 Å². The van der Waals surface area contributed by atoms with Gasteiger partial charge in [0.1, 0.15) is 17.2 Å². The topological polar surface area (TPSA) is 119 Å². The first-order chi connectivity index (χ1) is 18.0. The highest BCUT2D eigenvalue weighted by atomic mass is 16.3. The molecule has 2 aromatic heterocycles. The summed E-state index contributed by atoms with van der Waals surface area (Å²) in [6.07, 6.45) is 3.97. The zero-order valence-corrected chi connectivity index (χ0v) is 20.9. The minimum Gasteiger partial charge on any atom is -0.387 e. The van der Waals surface area contributed by atoms with Crippen LogP contribution in [-0.2, 0) is 6.42 Å². The molecule has 5 rings (SSSR count).